The molecule has 0 saturated carbocycles. The zero-order valence-electron chi connectivity index (χ0n) is 15.2. The standard InChI is InChI=1S/C20H28N2O4/c23-19(10-14-26-17-5-2-1-3-6-17)22-11-8-16(9-12-22)20(24)21-15-18-7-4-13-25-18/h1-3,5-6,16,18H,4,7-15H2,(H,21,24). The van der Waals surface area contributed by atoms with Gasteiger partial charge in [-0.05, 0) is 37.8 Å². The van der Waals surface area contributed by atoms with Gasteiger partial charge in [0.2, 0.25) is 11.8 Å². The normalized spacial score (nSPS) is 20.8. The van der Waals surface area contributed by atoms with E-state index >= 15 is 0 Å². The van der Waals surface area contributed by atoms with Crippen molar-refractivity contribution in [3.8, 4) is 5.75 Å². The molecule has 3 rings (SSSR count). The Balaban J connectivity index is 1.32. The quantitative estimate of drug-likeness (QED) is 0.807. The number of para-hydroxylation sites is 1. The monoisotopic (exact) mass is 360 g/mol. The molecule has 0 spiro atoms. The maximum absolute atomic E-state index is 12.3. The number of piperidine rings is 1. The third-order valence-corrected chi connectivity index (χ3v) is 5.07. The topological polar surface area (TPSA) is 67.9 Å². The molecule has 0 radical (unpaired) electrons. The highest BCUT2D eigenvalue weighted by Gasteiger charge is 2.27. The number of ether oxygens (including phenoxy) is 2. The zero-order chi connectivity index (χ0) is 18.2. The molecule has 2 saturated heterocycles. The Morgan fingerprint density at radius 3 is 2.62 bits per heavy atom. The van der Waals surface area contributed by atoms with E-state index in [4.69, 9.17) is 9.47 Å². The van der Waals surface area contributed by atoms with Crippen LogP contribution in [-0.2, 0) is 14.3 Å². The minimum atomic E-state index is 0.000946. The van der Waals surface area contributed by atoms with Crippen LogP contribution in [0.1, 0.15) is 32.1 Å². The second-order valence-electron chi connectivity index (χ2n) is 6.95. The first-order chi connectivity index (χ1) is 12.7. The van der Waals surface area contributed by atoms with E-state index in [1.807, 2.05) is 35.2 Å². The molecule has 6 nitrogen and oxygen atoms in total. The molecule has 2 fully saturated rings. The highest BCUT2D eigenvalue weighted by Crippen LogP contribution is 2.19. The minimum absolute atomic E-state index is 0.000946. The van der Waals surface area contributed by atoms with Gasteiger partial charge in [-0.2, -0.15) is 0 Å². The van der Waals surface area contributed by atoms with Gasteiger partial charge < -0.3 is 19.7 Å². The first-order valence-electron chi connectivity index (χ1n) is 9.57. The van der Waals surface area contributed by atoms with E-state index in [0.717, 1.165) is 38.0 Å². The number of amides is 2. The Morgan fingerprint density at radius 1 is 1.15 bits per heavy atom. The number of benzene rings is 1. The van der Waals surface area contributed by atoms with Crippen molar-refractivity contribution in [1.29, 1.82) is 0 Å². The highest BCUT2D eigenvalue weighted by molar-refractivity contribution is 5.80. The fourth-order valence-corrected chi connectivity index (χ4v) is 3.49. The fourth-order valence-electron chi connectivity index (χ4n) is 3.49. The van der Waals surface area contributed by atoms with E-state index in [-0.39, 0.29) is 23.8 Å². The predicted molar refractivity (Wildman–Crippen MR) is 97.8 cm³/mol. The molecule has 6 heteroatoms. The summed E-state index contributed by atoms with van der Waals surface area (Å²) in [6.07, 6.45) is 4.09. The van der Waals surface area contributed by atoms with Crippen LogP contribution >= 0.6 is 0 Å². The van der Waals surface area contributed by atoms with Crippen LogP contribution in [0.5, 0.6) is 5.75 Å². The Kier molecular flexibility index (Phi) is 6.89. The van der Waals surface area contributed by atoms with Gasteiger partial charge in [0.15, 0.2) is 0 Å². The Hall–Kier alpha value is -2.08. The number of rotatable bonds is 7. The molecule has 1 aromatic rings. The van der Waals surface area contributed by atoms with Crippen LogP contribution < -0.4 is 10.1 Å². The molecular weight excluding hydrogens is 332 g/mol. The van der Waals surface area contributed by atoms with Gasteiger partial charge in [0.1, 0.15) is 5.75 Å². The van der Waals surface area contributed by atoms with Crippen molar-refractivity contribution >= 4 is 11.8 Å². The Bertz CT molecular complexity index is 579. The van der Waals surface area contributed by atoms with E-state index in [2.05, 4.69) is 5.32 Å². The molecule has 1 aromatic carbocycles. The van der Waals surface area contributed by atoms with Crippen molar-refractivity contribution in [3.63, 3.8) is 0 Å². The number of hydrogen-bond acceptors (Lipinski definition) is 4. The summed E-state index contributed by atoms with van der Waals surface area (Å²) in [4.78, 5) is 26.4. The average molecular weight is 360 g/mol. The van der Waals surface area contributed by atoms with Crippen LogP contribution in [0.3, 0.4) is 0 Å². The third kappa shape index (κ3) is 5.46. The molecule has 142 valence electrons. The molecule has 2 aliphatic heterocycles. The summed E-state index contributed by atoms with van der Waals surface area (Å²) >= 11 is 0. The molecule has 2 aliphatic rings. The number of carbonyl (C=O) groups excluding carboxylic acids is 2. The predicted octanol–water partition coefficient (Wildman–Crippen LogP) is 1.99. The van der Waals surface area contributed by atoms with Crippen molar-refractivity contribution in [3.05, 3.63) is 30.3 Å². The second kappa shape index (κ2) is 9.57. The van der Waals surface area contributed by atoms with E-state index < -0.39 is 0 Å². The van der Waals surface area contributed by atoms with Crippen LogP contribution in [0.2, 0.25) is 0 Å². The molecule has 1 atom stereocenters. The highest BCUT2D eigenvalue weighted by atomic mass is 16.5. The molecule has 2 heterocycles. The van der Waals surface area contributed by atoms with Gasteiger partial charge in [-0.15, -0.1) is 0 Å². The SMILES string of the molecule is O=C(NCC1CCCO1)C1CCN(C(=O)CCOc2ccccc2)CC1. The number of hydrogen-bond donors (Lipinski definition) is 1. The van der Waals surface area contributed by atoms with Gasteiger partial charge in [-0.3, -0.25) is 9.59 Å². The number of nitrogens with zero attached hydrogens (tertiary/aromatic N) is 1. The summed E-state index contributed by atoms with van der Waals surface area (Å²) < 4.78 is 11.1. The van der Waals surface area contributed by atoms with Crippen molar-refractivity contribution in [2.75, 3.05) is 32.8 Å². The third-order valence-electron chi connectivity index (χ3n) is 5.07. The molecule has 1 unspecified atom stereocenters. The fraction of sp³-hybridized carbons (Fsp3) is 0.600. The van der Waals surface area contributed by atoms with Crippen molar-refractivity contribution in [2.45, 2.75) is 38.2 Å². The molecule has 0 aromatic heterocycles. The Labute approximate surface area is 154 Å². The van der Waals surface area contributed by atoms with Crippen LogP contribution in [0.25, 0.3) is 0 Å². The number of nitrogens with one attached hydrogen (secondary N) is 1. The molecule has 0 aliphatic carbocycles. The maximum Gasteiger partial charge on any atom is 0.225 e. The first-order valence-corrected chi connectivity index (χ1v) is 9.57. The van der Waals surface area contributed by atoms with Gasteiger partial charge in [0.05, 0.1) is 19.1 Å². The average Bonchev–Trinajstić information content (AvgIpc) is 3.20. The summed E-state index contributed by atoms with van der Waals surface area (Å²) in [5.41, 5.74) is 0. The lowest BCUT2D eigenvalue weighted by Gasteiger charge is -2.31. The van der Waals surface area contributed by atoms with Gasteiger partial charge in [-0.1, -0.05) is 18.2 Å². The van der Waals surface area contributed by atoms with Crippen LogP contribution in [0, 0.1) is 5.92 Å². The van der Waals surface area contributed by atoms with Crippen molar-refractivity contribution < 1.29 is 19.1 Å². The van der Waals surface area contributed by atoms with Gasteiger partial charge in [-0.25, -0.2) is 0 Å². The molecule has 26 heavy (non-hydrogen) atoms. The minimum Gasteiger partial charge on any atom is -0.493 e. The Morgan fingerprint density at radius 2 is 1.92 bits per heavy atom. The molecule has 1 N–H and O–H groups in total. The molecular formula is C20H28N2O4. The van der Waals surface area contributed by atoms with Gasteiger partial charge in [0.25, 0.3) is 0 Å². The summed E-state index contributed by atoms with van der Waals surface area (Å²) in [6, 6.07) is 9.51. The summed E-state index contributed by atoms with van der Waals surface area (Å²) in [7, 11) is 0. The molecule has 0 bridgehead atoms. The summed E-state index contributed by atoms with van der Waals surface area (Å²) in [5, 5.41) is 3.00. The smallest absolute Gasteiger partial charge is 0.225 e. The van der Waals surface area contributed by atoms with Crippen molar-refractivity contribution in [1.82, 2.24) is 10.2 Å². The summed E-state index contributed by atoms with van der Waals surface area (Å²) in [6.45, 7) is 3.07. The summed E-state index contributed by atoms with van der Waals surface area (Å²) in [5.74, 6) is 0.974. The van der Waals surface area contributed by atoms with E-state index in [1.165, 1.54) is 0 Å². The van der Waals surface area contributed by atoms with Crippen LogP contribution in [0.15, 0.2) is 30.3 Å². The van der Waals surface area contributed by atoms with E-state index in [0.29, 0.717) is 32.7 Å². The largest absolute Gasteiger partial charge is 0.493 e. The number of carbonyl (C=O) groups is 2. The lowest BCUT2D eigenvalue weighted by atomic mass is 9.95. The lowest BCUT2D eigenvalue weighted by molar-refractivity contribution is -0.136. The second-order valence-corrected chi connectivity index (χ2v) is 6.95. The van der Waals surface area contributed by atoms with E-state index in [1.54, 1.807) is 0 Å². The van der Waals surface area contributed by atoms with Gasteiger partial charge >= 0.3 is 0 Å². The number of likely N-dealkylation sites (tertiary alicyclic amines) is 1. The molecule has 2 amide bonds. The van der Waals surface area contributed by atoms with Gasteiger partial charge in [0, 0.05) is 32.2 Å². The van der Waals surface area contributed by atoms with Crippen LogP contribution in [0.4, 0.5) is 0 Å². The van der Waals surface area contributed by atoms with Crippen molar-refractivity contribution in [2.24, 2.45) is 5.92 Å². The van der Waals surface area contributed by atoms with Crippen LogP contribution in [-0.4, -0.2) is 55.7 Å². The maximum atomic E-state index is 12.3. The van der Waals surface area contributed by atoms with E-state index in [9.17, 15) is 9.59 Å². The lowest BCUT2D eigenvalue weighted by Crippen LogP contribution is -2.44. The first kappa shape index (κ1) is 18.7. The zero-order valence-corrected chi connectivity index (χ0v) is 15.2.